The summed E-state index contributed by atoms with van der Waals surface area (Å²) in [6, 6.07) is 11.9. The van der Waals surface area contributed by atoms with Gasteiger partial charge in [-0.3, -0.25) is 10.1 Å². The van der Waals surface area contributed by atoms with Crippen LogP contribution in [0.5, 0.6) is 17.2 Å². The first kappa shape index (κ1) is 14.3. The molecule has 0 unspecified atom stereocenters. The molecule has 0 fully saturated rings. The third-order valence-electron chi connectivity index (χ3n) is 2.66. The molecular formula is C14H12BrNO4. The molecule has 0 spiro atoms. The van der Waals surface area contributed by atoms with Gasteiger partial charge in [0.25, 0.3) is 0 Å². The number of methoxy groups -OCH3 is 1. The van der Waals surface area contributed by atoms with Crippen LogP contribution in [0.2, 0.25) is 0 Å². The lowest BCUT2D eigenvalue weighted by atomic mass is 10.2. The summed E-state index contributed by atoms with van der Waals surface area (Å²) in [4.78, 5) is 10.4. The number of rotatable bonds is 5. The number of nitro groups is 1. The van der Waals surface area contributed by atoms with Crippen LogP contribution in [0, 0.1) is 10.1 Å². The van der Waals surface area contributed by atoms with Crippen LogP contribution < -0.4 is 9.47 Å². The van der Waals surface area contributed by atoms with Gasteiger partial charge >= 0.3 is 5.69 Å². The van der Waals surface area contributed by atoms with Crippen molar-refractivity contribution in [1.82, 2.24) is 0 Å². The van der Waals surface area contributed by atoms with Crippen molar-refractivity contribution in [3.8, 4) is 17.2 Å². The first-order valence-electron chi connectivity index (χ1n) is 5.79. The maximum absolute atomic E-state index is 10.9. The smallest absolute Gasteiger partial charge is 0.314 e. The lowest BCUT2D eigenvalue weighted by Crippen LogP contribution is -1.94. The Balaban J connectivity index is 2.24. The molecule has 0 N–H and O–H groups in total. The molecule has 0 amide bonds. The number of alkyl halides is 1. The molecule has 0 saturated heterocycles. The molecule has 0 saturated carbocycles. The lowest BCUT2D eigenvalue weighted by molar-refractivity contribution is -0.385. The van der Waals surface area contributed by atoms with Crippen molar-refractivity contribution in [2.24, 2.45) is 0 Å². The largest absolute Gasteiger partial charge is 0.490 e. The summed E-state index contributed by atoms with van der Waals surface area (Å²) in [5.41, 5.74) is 1.00. The molecule has 0 aliphatic rings. The van der Waals surface area contributed by atoms with E-state index in [1.54, 1.807) is 6.07 Å². The maximum atomic E-state index is 10.9. The van der Waals surface area contributed by atoms with E-state index in [-0.39, 0.29) is 11.4 Å². The fourth-order valence-corrected chi connectivity index (χ4v) is 2.03. The summed E-state index contributed by atoms with van der Waals surface area (Å²) in [5.74, 6) is 1.22. The fourth-order valence-electron chi connectivity index (χ4n) is 1.66. The minimum Gasteiger partial charge on any atom is -0.490 e. The SMILES string of the molecule is COc1ccc(Oc2ccc(CBr)cc2)cc1[N+](=O)[O-]. The molecule has 6 heteroatoms. The molecule has 0 aromatic heterocycles. The van der Waals surface area contributed by atoms with E-state index >= 15 is 0 Å². The van der Waals surface area contributed by atoms with Crippen LogP contribution in [0.3, 0.4) is 0 Å². The first-order valence-corrected chi connectivity index (χ1v) is 6.91. The van der Waals surface area contributed by atoms with Gasteiger partial charge in [-0.25, -0.2) is 0 Å². The highest BCUT2D eigenvalue weighted by Crippen LogP contribution is 2.32. The predicted molar refractivity (Wildman–Crippen MR) is 78.8 cm³/mol. The summed E-state index contributed by atoms with van der Waals surface area (Å²) in [6.45, 7) is 0. The highest BCUT2D eigenvalue weighted by atomic mass is 79.9. The van der Waals surface area contributed by atoms with E-state index in [9.17, 15) is 10.1 Å². The van der Waals surface area contributed by atoms with E-state index in [0.29, 0.717) is 11.5 Å². The van der Waals surface area contributed by atoms with Crippen LogP contribution in [0.25, 0.3) is 0 Å². The Morgan fingerprint density at radius 3 is 2.35 bits per heavy atom. The standard InChI is InChI=1S/C14H12BrNO4/c1-19-14-7-6-12(8-13(14)16(17)18)20-11-4-2-10(9-15)3-5-11/h2-8H,9H2,1H3. The Morgan fingerprint density at radius 1 is 1.15 bits per heavy atom. The van der Waals surface area contributed by atoms with E-state index in [1.165, 1.54) is 19.2 Å². The Kier molecular flexibility index (Phi) is 4.57. The van der Waals surface area contributed by atoms with Crippen molar-refractivity contribution in [2.45, 2.75) is 5.33 Å². The number of hydrogen-bond donors (Lipinski definition) is 0. The number of benzene rings is 2. The van der Waals surface area contributed by atoms with Gasteiger partial charge in [0.2, 0.25) is 0 Å². The zero-order valence-electron chi connectivity index (χ0n) is 10.7. The van der Waals surface area contributed by atoms with Gasteiger partial charge < -0.3 is 9.47 Å². The molecule has 104 valence electrons. The topological polar surface area (TPSA) is 61.6 Å². The lowest BCUT2D eigenvalue weighted by Gasteiger charge is -2.07. The van der Waals surface area contributed by atoms with E-state index in [1.807, 2.05) is 24.3 Å². The van der Waals surface area contributed by atoms with Gasteiger partial charge in [-0.1, -0.05) is 28.1 Å². The molecule has 0 bridgehead atoms. The summed E-state index contributed by atoms with van der Waals surface area (Å²) >= 11 is 3.36. The Labute approximate surface area is 124 Å². The third-order valence-corrected chi connectivity index (χ3v) is 3.31. The van der Waals surface area contributed by atoms with Gasteiger partial charge in [0, 0.05) is 5.33 Å². The van der Waals surface area contributed by atoms with E-state index in [4.69, 9.17) is 9.47 Å². The third kappa shape index (κ3) is 3.27. The molecule has 5 nitrogen and oxygen atoms in total. The maximum Gasteiger partial charge on any atom is 0.314 e. The molecule has 0 atom stereocenters. The molecular weight excluding hydrogens is 326 g/mol. The van der Waals surface area contributed by atoms with Crippen LogP contribution in [-0.2, 0) is 5.33 Å². The van der Waals surface area contributed by atoms with Crippen molar-refractivity contribution in [1.29, 1.82) is 0 Å². The number of nitro benzene ring substituents is 1. The molecule has 0 aliphatic heterocycles. The normalized spacial score (nSPS) is 10.1. The second-order valence-corrected chi connectivity index (χ2v) is 4.53. The number of nitrogens with zero attached hydrogens (tertiary/aromatic N) is 1. The van der Waals surface area contributed by atoms with Crippen molar-refractivity contribution in [3.05, 3.63) is 58.1 Å². The first-order chi connectivity index (χ1) is 9.63. The van der Waals surface area contributed by atoms with Gasteiger partial charge in [-0.2, -0.15) is 0 Å². The summed E-state index contributed by atoms with van der Waals surface area (Å²) in [6.07, 6.45) is 0. The molecule has 0 aliphatic carbocycles. The minimum absolute atomic E-state index is 0.123. The van der Waals surface area contributed by atoms with Crippen molar-refractivity contribution < 1.29 is 14.4 Å². The second-order valence-electron chi connectivity index (χ2n) is 3.97. The zero-order chi connectivity index (χ0) is 14.5. The minimum atomic E-state index is -0.500. The fraction of sp³-hybridized carbons (Fsp3) is 0.143. The zero-order valence-corrected chi connectivity index (χ0v) is 12.3. The van der Waals surface area contributed by atoms with Crippen molar-refractivity contribution >= 4 is 21.6 Å². The Bertz CT molecular complexity index is 613. The predicted octanol–water partition coefficient (Wildman–Crippen LogP) is 4.29. The summed E-state index contributed by atoms with van der Waals surface area (Å²) in [5, 5.41) is 11.7. The van der Waals surface area contributed by atoms with Crippen LogP contribution in [0.1, 0.15) is 5.56 Å². The summed E-state index contributed by atoms with van der Waals surface area (Å²) < 4.78 is 10.5. The molecule has 20 heavy (non-hydrogen) atoms. The van der Waals surface area contributed by atoms with Crippen LogP contribution in [0.4, 0.5) is 5.69 Å². The van der Waals surface area contributed by atoms with E-state index in [0.717, 1.165) is 10.9 Å². The average molecular weight is 338 g/mol. The van der Waals surface area contributed by atoms with Gasteiger partial charge in [-0.05, 0) is 29.8 Å². The Hall–Kier alpha value is -2.08. The monoisotopic (exact) mass is 337 g/mol. The van der Waals surface area contributed by atoms with Crippen molar-refractivity contribution in [2.75, 3.05) is 7.11 Å². The highest BCUT2D eigenvalue weighted by molar-refractivity contribution is 9.08. The van der Waals surface area contributed by atoms with Gasteiger partial charge in [0.1, 0.15) is 11.5 Å². The Morgan fingerprint density at radius 2 is 1.80 bits per heavy atom. The molecule has 0 heterocycles. The number of ether oxygens (including phenoxy) is 2. The van der Waals surface area contributed by atoms with Gasteiger partial charge in [-0.15, -0.1) is 0 Å². The molecule has 0 radical (unpaired) electrons. The van der Waals surface area contributed by atoms with E-state index < -0.39 is 4.92 Å². The van der Waals surface area contributed by atoms with Gasteiger partial charge in [0.15, 0.2) is 5.75 Å². The van der Waals surface area contributed by atoms with E-state index in [2.05, 4.69) is 15.9 Å². The molecule has 2 aromatic carbocycles. The quantitative estimate of drug-likeness (QED) is 0.463. The average Bonchev–Trinajstić information content (AvgIpc) is 2.48. The molecule has 2 rings (SSSR count). The highest BCUT2D eigenvalue weighted by Gasteiger charge is 2.16. The van der Waals surface area contributed by atoms with Crippen LogP contribution >= 0.6 is 15.9 Å². The number of hydrogen-bond acceptors (Lipinski definition) is 4. The molecule has 2 aromatic rings. The van der Waals surface area contributed by atoms with Crippen LogP contribution in [-0.4, -0.2) is 12.0 Å². The van der Waals surface area contributed by atoms with Crippen LogP contribution in [0.15, 0.2) is 42.5 Å². The summed E-state index contributed by atoms with van der Waals surface area (Å²) in [7, 11) is 1.39. The van der Waals surface area contributed by atoms with Crippen molar-refractivity contribution in [3.63, 3.8) is 0 Å². The second kappa shape index (κ2) is 6.38. The number of halogens is 1. The van der Waals surface area contributed by atoms with Gasteiger partial charge in [0.05, 0.1) is 18.1 Å².